The van der Waals surface area contributed by atoms with Gasteiger partial charge in [-0.1, -0.05) is 50.2 Å². The molecule has 0 heterocycles. The summed E-state index contributed by atoms with van der Waals surface area (Å²) < 4.78 is 0. The van der Waals surface area contributed by atoms with Crippen molar-refractivity contribution < 1.29 is 4.79 Å². The van der Waals surface area contributed by atoms with Crippen molar-refractivity contribution in [2.24, 2.45) is 0 Å². The summed E-state index contributed by atoms with van der Waals surface area (Å²) in [6.07, 6.45) is 0.896. The number of carbonyl (C=O) groups excluding carboxylic acids is 1. The van der Waals surface area contributed by atoms with Gasteiger partial charge >= 0.3 is 0 Å². The molecule has 2 aromatic carbocycles. The van der Waals surface area contributed by atoms with Crippen LogP contribution in [0.1, 0.15) is 54.2 Å². The summed E-state index contributed by atoms with van der Waals surface area (Å²) in [6.45, 7) is 10.6. The second-order valence-electron chi connectivity index (χ2n) is 7.13. The van der Waals surface area contributed by atoms with Crippen LogP contribution in [0, 0.1) is 13.8 Å². The van der Waals surface area contributed by atoms with Crippen LogP contribution in [0.2, 0.25) is 0 Å². The SMILES string of the molecule is Cc1ccc(C(=O)N[C@@H](C)CC(C)(C)c2ccccc2)cc1C. The minimum atomic E-state index is 0.00413. The maximum Gasteiger partial charge on any atom is 0.251 e. The fourth-order valence-electron chi connectivity index (χ4n) is 3.01. The molecule has 2 nitrogen and oxygen atoms in total. The van der Waals surface area contributed by atoms with Gasteiger partial charge in [-0.15, -0.1) is 0 Å². The lowest BCUT2D eigenvalue weighted by Crippen LogP contribution is -2.37. The Bertz CT molecular complexity index is 673. The van der Waals surface area contributed by atoms with Gasteiger partial charge in [0.05, 0.1) is 0 Å². The lowest BCUT2D eigenvalue weighted by Gasteiger charge is -2.29. The van der Waals surface area contributed by atoms with E-state index in [9.17, 15) is 4.79 Å². The molecule has 23 heavy (non-hydrogen) atoms. The van der Waals surface area contributed by atoms with E-state index in [-0.39, 0.29) is 17.4 Å². The second-order valence-corrected chi connectivity index (χ2v) is 7.13. The first-order valence-electron chi connectivity index (χ1n) is 8.23. The molecule has 0 aliphatic heterocycles. The van der Waals surface area contributed by atoms with Crippen LogP contribution in [0.4, 0.5) is 0 Å². The Morgan fingerprint density at radius 1 is 1.04 bits per heavy atom. The third-order valence-corrected chi connectivity index (χ3v) is 4.52. The Hall–Kier alpha value is -2.09. The molecule has 122 valence electrons. The Balaban J connectivity index is 2.02. The number of hydrogen-bond acceptors (Lipinski definition) is 1. The Morgan fingerprint density at radius 3 is 2.30 bits per heavy atom. The molecule has 0 aliphatic carbocycles. The summed E-state index contributed by atoms with van der Waals surface area (Å²) in [5.41, 5.74) is 4.41. The number of amides is 1. The molecule has 0 spiro atoms. The molecular weight excluding hydrogens is 282 g/mol. The van der Waals surface area contributed by atoms with E-state index in [2.05, 4.69) is 57.3 Å². The highest BCUT2D eigenvalue weighted by Gasteiger charge is 2.24. The van der Waals surface area contributed by atoms with Gasteiger partial charge in [0, 0.05) is 11.6 Å². The van der Waals surface area contributed by atoms with Crippen LogP contribution in [0.25, 0.3) is 0 Å². The summed E-state index contributed by atoms with van der Waals surface area (Å²) in [5.74, 6) is 0.00413. The first-order chi connectivity index (χ1) is 10.8. The molecule has 2 heteroatoms. The van der Waals surface area contributed by atoms with Crippen molar-refractivity contribution in [2.75, 3.05) is 0 Å². The highest BCUT2D eigenvalue weighted by molar-refractivity contribution is 5.94. The normalized spacial score (nSPS) is 12.7. The molecule has 0 aliphatic rings. The third-order valence-electron chi connectivity index (χ3n) is 4.52. The second kappa shape index (κ2) is 6.99. The smallest absolute Gasteiger partial charge is 0.251 e. The standard InChI is InChI=1S/C21H27NO/c1-15-11-12-18(13-16(15)2)20(23)22-17(3)14-21(4,5)19-9-7-6-8-10-19/h6-13,17H,14H2,1-5H3,(H,22,23)/t17-/m0/s1. The van der Waals surface area contributed by atoms with Crippen LogP contribution in [-0.4, -0.2) is 11.9 Å². The maximum atomic E-state index is 12.4. The molecule has 1 N–H and O–H groups in total. The van der Waals surface area contributed by atoms with Crippen molar-refractivity contribution in [3.63, 3.8) is 0 Å². The van der Waals surface area contributed by atoms with E-state index in [1.54, 1.807) is 0 Å². The predicted molar refractivity (Wildman–Crippen MR) is 96.9 cm³/mol. The zero-order valence-corrected chi connectivity index (χ0v) is 14.8. The monoisotopic (exact) mass is 309 g/mol. The van der Waals surface area contributed by atoms with E-state index in [0.29, 0.717) is 0 Å². The molecule has 0 bridgehead atoms. The molecule has 2 aromatic rings. The average Bonchev–Trinajstić information content (AvgIpc) is 2.50. The molecule has 1 atom stereocenters. The van der Waals surface area contributed by atoms with Crippen LogP contribution in [0.5, 0.6) is 0 Å². The van der Waals surface area contributed by atoms with Gasteiger partial charge < -0.3 is 5.32 Å². The van der Waals surface area contributed by atoms with Crippen LogP contribution < -0.4 is 5.32 Å². The predicted octanol–water partition coefficient (Wildman–Crippen LogP) is 4.79. The van der Waals surface area contributed by atoms with E-state index < -0.39 is 0 Å². The lowest BCUT2D eigenvalue weighted by atomic mass is 9.79. The number of rotatable bonds is 5. The average molecular weight is 309 g/mol. The zero-order valence-electron chi connectivity index (χ0n) is 14.8. The van der Waals surface area contributed by atoms with E-state index in [1.807, 2.05) is 31.2 Å². The van der Waals surface area contributed by atoms with Crippen molar-refractivity contribution in [3.05, 3.63) is 70.8 Å². The van der Waals surface area contributed by atoms with Gasteiger partial charge in [-0.2, -0.15) is 0 Å². The van der Waals surface area contributed by atoms with Gasteiger partial charge in [0.15, 0.2) is 0 Å². The van der Waals surface area contributed by atoms with Crippen LogP contribution in [-0.2, 0) is 5.41 Å². The van der Waals surface area contributed by atoms with Gasteiger partial charge in [0.25, 0.3) is 5.91 Å². The van der Waals surface area contributed by atoms with Gasteiger partial charge in [-0.25, -0.2) is 0 Å². The summed E-state index contributed by atoms with van der Waals surface area (Å²) in [6, 6.07) is 16.4. The third kappa shape index (κ3) is 4.44. The molecule has 1 amide bonds. The van der Waals surface area contributed by atoms with Crippen molar-refractivity contribution >= 4 is 5.91 Å². The van der Waals surface area contributed by atoms with Crippen molar-refractivity contribution in [3.8, 4) is 0 Å². The van der Waals surface area contributed by atoms with E-state index in [4.69, 9.17) is 0 Å². The van der Waals surface area contributed by atoms with E-state index in [1.165, 1.54) is 11.1 Å². The molecule has 0 saturated heterocycles. The lowest BCUT2D eigenvalue weighted by molar-refractivity contribution is 0.0934. The maximum absolute atomic E-state index is 12.4. The zero-order chi connectivity index (χ0) is 17.0. The minimum Gasteiger partial charge on any atom is -0.350 e. The number of carbonyl (C=O) groups is 1. The van der Waals surface area contributed by atoms with Crippen molar-refractivity contribution in [1.29, 1.82) is 0 Å². The number of nitrogens with one attached hydrogen (secondary N) is 1. The van der Waals surface area contributed by atoms with Gasteiger partial charge in [0.2, 0.25) is 0 Å². The topological polar surface area (TPSA) is 29.1 Å². The highest BCUT2D eigenvalue weighted by atomic mass is 16.1. The fourth-order valence-corrected chi connectivity index (χ4v) is 3.01. The Labute approximate surface area is 139 Å². The quantitative estimate of drug-likeness (QED) is 0.845. The highest BCUT2D eigenvalue weighted by Crippen LogP contribution is 2.28. The molecule has 0 radical (unpaired) electrons. The summed E-state index contributed by atoms with van der Waals surface area (Å²) in [4.78, 5) is 12.4. The Kier molecular flexibility index (Phi) is 5.25. The molecule has 0 aromatic heterocycles. The van der Waals surface area contributed by atoms with Crippen LogP contribution >= 0.6 is 0 Å². The molecular formula is C21H27NO. The summed E-state index contributed by atoms with van der Waals surface area (Å²) in [7, 11) is 0. The largest absolute Gasteiger partial charge is 0.350 e. The minimum absolute atomic E-state index is 0.00413. The summed E-state index contributed by atoms with van der Waals surface area (Å²) in [5, 5.41) is 3.13. The van der Waals surface area contributed by atoms with Gasteiger partial charge in [-0.3, -0.25) is 4.79 Å². The van der Waals surface area contributed by atoms with Gasteiger partial charge in [-0.05, 0) is 61.4 Å². The van der Waals surface area contributed by atoms with Gasteiger partial charge in [0.1, 0.15) is 0 Å². The number of aryl methyl sites for hydroxylation is 2. The number of benzene rings is 2. The van der Waals surface area contributed by atoms with Crippen LogP contribution in [0.3, 0.4) is 0 Å². The van der Waals surface area contributed by atoms with Crippen LogP contribution in [0.15, 0.2) is 48.5 Å². The van der Waals surface area contributed by atoms with Crippen molar-refractivity contribution in [1.82, 2.24) is 5.32 Å². The van der Waals surface area contributed by atoms with Crippen molar-refractivity contribution in [2.45, 2.75) is 52.5 Å². The molecule has 0 unspecified atom stereocenters. The molecule has 0 fully saturated rings. The first-order valence-corrected chi connectivity index (χ1v) is 8.23. The van der Waals surface area contributed by atoms with E-state index >= 15 is 0 Å². The number of hydrogen-bond donors (Lipinski definition) is 1. The van der Waals surface area contributed by atoms with E-state index in [0.717, 1.165) is 17.5 Å². The molecule has 0 saturated carbocycles. The summed E-state index contributed by atoms with van der Waals surface area (Å²) >= 11 is 0. The Morgan fingerprint density at radius 2 is 1.70 bits per heavy atom. The molecule has 2 rings (SSSR count). The first kappa shape index (κ1) is 17.3. The fraction of sp³-hybridized carbons (Fsp3) is 0.381.